The zero-order valence-corrected chi connectivity index (χ0v) is 20.7. The number of aliphatic hydroxyl groups excluding tert-OH is 1. The van der Waals surface area contributed by atoms with Crippen LogP contribution >= 0.6 is 0 Å². The van der Waals surface area contributed by atoms with E-state index in [2.05, 4.69) is 9.97 Å². The number of hydrogen-bond donors (Lipinski definition) is 1. The molecule has 1 fully saturated rings. The molecule has 2 aromatic rings. The predicted molar refractivity (Wildman–Crippen MR) is 123 cm³/mol. The molecule has 13 heteroatoms. The number of carbonyl (C=O) groups excluding carboxylic acids is 3. The Kier molecular flexibility index (Phi) is 8.06. The molecular formula is C24H27F3N4O6. The topological polar surface area (TPSA) is 122 Å². The fraction of sp³-hybridized carbons (Fsp3) is 0.458. The van der Waals surface area contributed by atoms with Gasteiger partial charge >= 0.3 is 18.2 Å². The van der Waals surface area contributed by atoms with E-state index >= 15 is 0 Å². The van der Waals surface area contributed by atoms with Gasteiger partial charge < -0.3 is 19.5 Å². The Morgan fingerprint density at radius 1 is 1.22 bits per heavy atom. The van der Waals surface area contributed by atoms with Crippen molar-refractivity contribution in [3.05, 3.63) is 47.4 Å². The van der Waals surface area contributed by atoms with Crippen LogP contribution in [0, 0.1) is 0 Å². The largest absolute Gasteiger partial charge is 0.465 e. The first kappa shape index (κ1) is 27.8. The van der Waals surface area contributed by atoms with Gasteiger partial charge in [-0.15, -0.1) is 0 Å². The maximum absolute atomic E-state index is 12.9. The van der Waals surface area contributed by atoms with Gasteiger partial charge in [0.25, 0.3) is 0 Å². The number of aromatic nitrogens is 2. The molecule has 1 saturated heterocycles. The molecule has 0 saturated carbocycles. The van der Waals surface area contributed by atoms with E-state index in [-0.39, 0.29) is 41.9 Å². The standard InChI is InChI=1S/C24H27F3N4O6/c1-23(2,3)37-22(35)31-8-7-18(33)20(31)30(13-32)12-15-9-17(28-11-16(15)21(34)36-4)14-5-6-19(29-10-14)24(25,26)27/h5-6,9-11,13,18,20,33H,7-8,12H2,1-4H3/t18-,20+/m1/s1. The van der Waals surface area contributed by atoms with Crippen molar-refractivity contribution >= 4 is 18.5 Å². The second-order valence-electron chi connectivity index (χ2n) is 9.37. The van der Waals surface area contributed by atoms with Crippen LogP contribution in [0.1, 0.15) is 48.8 Å². The van der Waals surface area contributed by atoms with Gasteiger partial charge in [-0.3, -0.25) is 19.7 Å². The summed E-state index contributed by atoms with van der Waals surface area (Å²) in [4.78, 5) is 47.2. The van der Waals surface area contributed by atoms with Crippen LogP contribution in [0.2, 0.25) is 0 Å². The Morgan fingerprint density at radius 2 is 1.92 bits per heavy atom. The summed E-state index contributed by atoms with van der Waals surface area (Å²) in [6.45, 7) is 4.93. The monoisotopic (exact) mass is 524 g/mol. The number of pyridine rings is 2. The molecule has 2 aromatic heterocycles. The van der Waals surface area contributed by atoms with E-state index in [4.69, 9.17) is 9.47 Å². The average molecular weight is 524 g/mol. The zero-order valence-electron chi connectivity index (χ0n) is 20.7. The average Bonchev–Trinajstić information content (AvgIpc) is 3.21. The number of rotatable bonds is 6. The summed E-state index contributed by atoms with van der Waals surface area (Å²) < 4.78 is 48.8. The Balaban J connectivity index is 1.96. The van der Waals surface area contributed by atoms with Crippen LogP contribution in [0.4, 0.5) is 18.0 Å². The highest BCUT2D eigenvalue weighted by Gasteiger charge is 2.42. The number of alkyl halides is 3. The van der Waals surface area contributed by atoms with Crippen molar-refractivity contribution < 1.29 is 42.1 Å². The number of likely N-dealkylation sites (tertiary alicyclic amines) is 1. The molecule has 0 bridgehead atoms. The Morgan fingerprint density at radius 3 is 2.46 bits per heavy atom. The van der Waals surface area contributed by atoms with E-state index in [1.165, 1.54) is 23.2 Å². The highest BCUT2D eigenvalue weighted by molar-refractivity contribution is 5.91. The van der Waals surface area contributed by atoms with Crippen molar-refractivity contribution in [2.24, 2.45) is 0 Å². The quantitative estimate of drug-likeness (QED) is 0.452. The van der Waals surface area contributed by atoms with E-state index in [1.54, 1.807) is 20.8 Å². The molecule has 3 heterocycles. The second kappa shape index (κ2) is 10.7. The summed E-state index contributed by atoms with van der Waals surface area (Å²) in [7, 11) is 1.16. The van der Waals surface area contributed by atoms with E-state index < -0.39 is 41.8 Å². The molecule has 0 unspecified atom stereocenters. The summed E-state index contributed by atoms with van der Waals surface area (Å²) >= 11 is 0. The van der Waals surface area contributed by atoms with E-state index in [0.717, 1.165) is 24.3 Å². The van der Waals surface area contributed by atoms with Gasteiger partial charge in [0.15, 0.2) is 0 Å². The number of carbonyl (C=O) groups is 3. The smallest absolute Gasteiger partial charge is 0.433 e. The minimum absolute atomic E-state index is 0.00530. The number of amides is 2. The predicted octanol–water partition coefficient (Wildman–Crippen LogP) is 3.24. The van der Waals surface area contributed by atoms with Crippen molar-refractivity contribution in [2.45, 2.75) is 57.8 Å². The highest BCUT2D eigenvalue weighted by Crippen LogP contribution is 2.30. The molecule has 0 aromatic carbocycles. The first-order chi connectivity index (χ1) is 17.2. The normalized spacial score (nSPS) is 17.9. The number of nitrogens with zero attached hydrogens (tertiary/aromatic N) is 4. The third kappa shape index (κ3) is 6.53. The van der Waals surface area contributed by atoms with E-state index in [1.807, 2.05) is 0 Å². The lowest BCUT2D eigenvalue weighted by atomic mass is 10.0. The lowest BCUT2D eigenvalue weighted by molar-refractivity contribution is -0.141. The molecule has 37 heavy (non-hydrogen) atoms. The molecule has 1 aliphatic heterocycles. The van der Waals surface area contributed by atoms with Gasteiger partial charge in [-0.1, -0.05) is 0 Å². The van der Waals surface area contributed by atoms with Crippen LogP contribution in [0.3, 0.4) is 0 Å². The van der Waals surface area contributed by atoms with Crippen LogP contribution in [0.15, 0.2) is 30.6 Å². The lowest BCUT2D eigenvalue weighted by Crippen LogP contribution is -2.52. The maximum atomic E-state index is 12.9. The zero-order chi connectivity index (χ0) is 27.5. The summed E-state index contributed by atoms with van der Waals surface area (Å²) in [6.07, 6.45) is -4.71. The molecule has 0 spiro atoms. The Hall–Kier alpha value is -3.74. The van der Waals surface area contributed by atoms with E-state index in [0.29, 0.717) is 6.41 Å². The molecule has 10 nitrogen and oxygen atoms in total. The summed E-state index contributed by atoms with van der Waals surface area (Å²) in [5.74, 6) is -0.763. The molecule has 2 atom stereocenters. The molecule has 2 amide bonds. The van der Waals surface area contributed by atoms with Crippen LogP contribution in [-0.2, 0) is 27.0 Å². The van der Waals surface area contributed by atoms with Gasteiger partial charge in [0.1, 0.15) is 17.5 Å². The third-order valence-corrected chi connectivity index (χ3v) is 5.53. The molecular weight excluding hydrogens is 497 g/mol. The number of methoxy groups -OCH3 is 1. The van der Waals surface area contributed by atoms with Gasteiger partial charge in [-0.05, 0) is 51.0 Å². The number of esters is 1. The molecule has 200 valence electrons. The molecule has 0 radical (unpaired) electrons. The summed E-state index contributed by atoms with van der Waals surface area (Å²) in [5.41, 5.74) is -1.24. The van der Waals surface area contributed by atoms with Crippen LogP contribution in [0.5, 0.6) is 0 Å². The number of halogens is 3. The van der Waals surface area contributed by atoms with Crippen molar-refractivity contribution in [1.82, 2.24) is 19.8 Å². The minimum Gasteiger partial charge on any atom is -0.465 e. The summed E-state index contributed by atoms with van der Waals surface area (Å²) in [6, 6.07) is 3.39. The minimum atomic E-state index is -4.61. The maximum Gasteiger partial charge on any atom is 0.433 e. The van der Waals surface area contributed by atoms with Crippen molar-refractivity contribution in [2.75, 3.05) is 13.7 Å². The lowest BCUT2D eigenvalue weighted by Gasteiger charge is -2.35. The molecule has 1 aliphatic rings. The SMILES string of the molecule is COC(=O)c1cnc(-c2ccc(C(F)(F)F)nc2)cc1CN(C=O)[C@@H]1[C@H](O)CCN1C(=O)OC(C)(C)C. The molecule has 3 rings (SSSR count). The van der Waals surface area contributed by atoms with Gasteiger partial charge in [-0.2, -0.15) is 13.2 Å². The molecule has 0 aliphatic carbocycles. The molecule has 1 N–H and O–H groups in total. The van der Waals surface area contributed by atoms with Crippen molar-refractivity contribution in [3.63, 3.8) is 0 Å². The van der Waals surface area contributed by atoms with Crippen molar-refractivity contribution in [3.8, 4) is 11.3 Å². The fourth-order valence-electron chi connectivity index (χ4n) is 3.86. The first-order valence-electron chi connectivity index (χ1n) is 11.2. The number of aliphatic hydroxyl groups is 1. The van der Waals surface area contributed by atoms with Gasteiger partial charge in [0, 0.05) is 31.0 Å². The van der Waals surface area contributed by atoms with Gasteiger partial charge in [0.2, 0.25) is 6.41 Å². The summed E-state index contributed by atoms with van der Waals surface area (Å²) in [5, 5.41) is 10.6. The van der Waals surface area contributed by atoms with Gasteiger partial charge in [0.05, 0.1) is 24.5 Å². The highest BCUT2D eigenvalue weighted by atomic mass is 19.4. The van der Waals surface area contributed by atoms with Crippen molar-refractivity contribution in [1.29, 1.82) is 0 Å². The number of hydrogen-bond acceptors (Lipinski definition) is 8. The van der Waals surface area contributed by atoms with Crippen LogP contribution < -0.4 is 0 Å². The van der Waals surface area contributed by atoms with Crippen LogP contribution in [0.25, 0.3) is 11.3 Å². The Bertz CT molecular complexity index is 1150. The second-order valence-corrected chi connectivity index (χ2v) is 9.37. The van der Waals surface area contributed by atoms with E-state index in [9.17, 15) is 32.7 Å². The number of ether oxygens (including phenoxy) is 2. The van der Waals surface area contributed by atoms with Crippen LogP contribution in [-0.4, -0.2) is 74.9 Å². The van der Waals surface area contributed by atoms with Gasteiger partial charge in [-0.25, -0.2) is 9.59 Å². The first-order valence-corrected chi connectivity index (χ1v) is 11.2. The fourth-order valence-corrected chi connectivity index (χ4v) is 3.86. The third-order valence-electron chi connectivity index (χ3n) is 5.53. The Labute approximate surface area is 211 Å².